The van der Waals surface area contributed by atoms with Crippen molar-refractivity contribution in [2.45, 2.75) is 33.4 Å². The van der Waals surface area contributed by atoms with Gasteiger partial charge in [0.25, 0.3) is 0 Å². The minimum atomic E-state index is -0.0632. The summed E-state index contributed by atoms with van der Waals surface area (Å²) in [5.41, 5.74) is 3.27. The Kier molecular flexibility index (Phi) is 6.23. The van der Waals surface area contributed by atoms with E-state index < -0.39 is 0 Å². The molecule has 6 heteroatoms. The van der Waals surface area contributed by atoms with E-state index in [-0.39, 0.29) is 6.03 Å². The second-order valence-electron chi connectivity index (χ2n) is 6.00. The van der Waals surface area contributed by atoms with Gasteiger partial charge >= 0.3 is 6.03 Å². The molecule has 0 radical (unpaired) electrons. The Morgan fingerprint density at radius 2 is 2.04 bits per heavy atom. The van der Waals surface area contributed by atoms with Crippen molar-refractivity contribution >= 4 is 6.03 Å². The molecule has 0 saturated heterocycles. The smallest absolute Gasteiger partial charge is 0.317 e. The first kappa shape index (κ1) is 17.8. The van der Waals surface area contributed by atoms with Crippen LogP contribution in [0.15, 0.2) is 30.9 Å². The quantitative estimate of drug-likeness (QED) is 0.794. The fourth-order valence-electron chi connectivity index (χ4n) is 2.81. The zero-order valence-electron chi connectivity index (χ0n) is 14.9. The van der Waals surface area contributed by atoms with Gasteiger partial charge in [0, 0.05) is 39.1 Å². The molecule has 2 aromatic rings. The minimum Gasteiger partial charge on any atom is -0.496 e. The number of nitrogens with zero attached hydrogens (tertiary/aromatic N) is 3. The average molecular weight is 330 g/mol. The van der Waals surface area contributed by atoms with Crippen LogP contribution in [-0.4, -0.2) is 41.2 Å². The topological polar surface area (TPSA) is 59.4 Å². The molecule has 1 heterocycles. The van der Waals surface area contributed by atoms with Crippen molar-refractivity contribution in [2.24, 2.45) is 0 Å². The van der Waals surface area contributed by atoms with E-state index in [1.54, 1.807) is 31.6 Å². The Hall–Kier alpha value is -2.50. The van der Waals surface area contributed by atoms with Crippen molar-refractivity contribution in [3.63, 3.8) is 0 Å². The van der Waals surface area contributed by atoms with Crippen molar-refractivity contribution in [3.05, 3.63) is 47.5 Å². The molecule has 130 valence electrons. The molecule has 0 fully saturated rings. The molecule has 6 nitrogen and oxygen atoms in total. The van der Waals surface area contributed by atoms with Crippen LogP contribution in [0.4, 0.5) is 4.79 Å². The maximum Gasteiger partial charge on any atom is 0.317 e. The van der Waals surface area contributed by atoms with Crippen molar-refractivity contribution in [1.29, 1.82) is 0 Å². The van der Waals surface area contributed by atoms with Gasteiger partial charge in [-0.05, 0) is 37.0 Å². The number of amides is 2. The molecule has 0 aliphatic rings. The average Bonchev–Trinajstić information content (AvgIpc) is 3.04. The van der Waals surface area contributed by atoms with Gasteiger partial charge in [0.05, 0.1) is 13.4 Å². The lowest BCUT2D eigenvalue weighted by Gasteiger charge is -2.19. The van der Waals surface area contributed by atoms with Gasteiger partial charge in [-0.3, -0.25) is 0 Å². The molecule has 2 amide bonds. The number of urea groups is 1. The van der Waals surface area contributed by atoms with Crippen molar-refractivity contribution in [3.8, 4) is 5.75 Å². The van der Waals surface area contributed by atoms with Crippen LogP contribution in [0, 0.1) is 13.8 Å². The van der Waals surface area contributed by atoms with E-state index in [1.807, 2.05) is 24.6 Å². The maximum atomic E-state index is 12.2. The van der Waals surface area contributed by atoms with Crippen molar-refractivity contribution in [1.82, 2.24) is 19.8 Å². The summed E-state index contributed by atoms with van der Waals surface area (Å²) >= 11 is 0. The van der Waals surface area contributed by atoms with Gasteiger partial charge in [-0.1, -0.05) is 12.1 Å². The zero-order chi connectivity index (χ0) is 17.5. The highest BCUT2D eigenvalue weighted by molar-refractivity contribution is 5.73. The number of carbonyl (C=O) groups excluding carboxylic acids is 1. The first-order valence-corrected chi connectivity index (χ1v) is 8.10. The molecule has 0 aliphatic heterocycles. The molecule has 0 atom stereocenters. The van der Waals surface area contributed by atoms with E-state index in [1.165, 1.54) is 0 Å². The normalized spacial score (nSPS) is 10.5. The molecule has 2 rings (SSSR count). The van der Waals surface area contributed by atoms with Gasteiger partial charge in [-0.15, -0.1) is 0 Å². The number of aryl methyl sites for hydroxylation is 3. The highest BCUT2D eigenvalue weighted by atomic mass is 16.5. The molecule has 1 aromatic heterocycles. The molecule has 1 N–H and O–H groups in total. The summed E-state index contributed by atoms with van der Waals surface area (Å²) in [4.78, 5) is 17.9. The van der Waals surface area contributed by atoms with E-state index in [0.717, 1.165) is 35.4 Å². The lowest BCUT2D eigenvalue weighted by molar-refractivity contribution is 0.206. The van der Waals surface area contributed by atoms with Crippen LogP contribution < -0.4 is 10.1 Å². The summed E-state index contributed by atoms with van der Waals surface area (Å²) in [6, 6.07) is 4.07. The Morgan fingerprint density at radius 3 is 2.62 bits per heavy atom. The lowest BCUT2D eigenvalue weighted by atomic mass is 10.1. The van der Waals surface area contributed by atoms with Gasteiger partial charge in [-0.25, -0.2) is 9.78 Å². The van der Waals surface area contributed by atoms with Gasteiger partial charge < -0.3 is 19.5 Å². The first-order valence-electron chi connectivity index (χ1n) is 8.10. The molecule has 0 bridgehead atoms. The summed E-state index contributed by atoms with van der Waals surface area (Å²) in [5.74, 6) is 0.908. The van der Waals surface area contributed by atoms with Crippen LogP contribution in [0.2, 0.25) is 0 Å². The van der Waals surface area contributed by atoms with Crippen LogP contribution in [0.5, 0.6) is 5.75 Å². The highest BCUT2D eigenvalue weighted by Crippen LogP contribution is 2.24. The maximum absolute atomic E-state index is 12.2. The summed E-state index contributed by atoms with van der Waals surface area (Å²) in [7, 11) is 3.48. The number of benzene rings is 1. The zero-order valence-corrected chi connectivity index (χ0v) is 14.9. The number of methoxy groups -OCH3 is 1. The number of aromatic nitrogens is 2. The second kappa shape index (κ2) is 8.38. The number of carbonyl (C=O) groups is 1. The van der Waals surface area contributed by atoms with Crippen LogP contribution >= 0.6 is 0 Å². The lowest BCUT2D eigenvalue weighted by Crippen LogP contribution is -2.37. The summed E-state index contributed by atoms with van der Waals surface area (Å²) in [6.45, 7) is 6.10. The Balaban J connectivity index is 1.80. The molecular formula is C18H26N4O2. The van der Waals surface area contributed by atoms with Crippen molar-refractivity contribution < 1.29 is 9.53 Å². The third-order valence-electron chi connectivity index (χ3n) is 3.92. The first-order chi connectivity index (χ1) is 11.5. The Labute approximate surface area is 143 Å². The summed E-state index contributed by atoms with van der Waals surface area (Å²) in [6.07, 6.45) is 6.33. The molecule has 0 spiro atoms. The molecular weight excluding hydrogens is 304 g/mol. The van der Waals surface area contributed by atoms with E-state index in [4.69, 9.17) is 4.74 Å². The number of imidazole rings is 1. The Morgan fingerprint density at radius 1 is 1.33 bits per heavy atom. The molecule has 0 unspecified atom stereocenters. The number of hydrogen-bond donors (Lipinski definition) is 1. The van der Waals surface area contributed by atoms with Crippen molar-refractivity contribution in [2.75, 3.05) is 20.7 Å². The minimum absolute atomic E-state index is 0.0632. The number of rotatable bonds is 7. The fourth-order valence-corrected chi connectivity index (χ4v) is 2.81. The number of nitrogens with one attached hydrogen (secondary N) is 1. The largest absolute Gasteiger partial charge is 0.496 e. The predicted octanol–water partition coefficient (Wildman–Crippen LogP) is 2.74. The third kappa shape index (κ3) is 4.75. The second-order valence-corrected chi connectivity index (χ2v) is 6.00. The van der Waals surface area contributed by atoms with Crippen LogP contribution in [0.25, 0.3) is 0 Å². The van der Waals surface area contributed by atoms with E-state index in [2.05, 4.69) is 22.4 Å². The molecule has 1 aromatic carbocycles. The highest BCUT2D eigenvalue weighted by Gasteiger charge is 2.11. The number of ether oxygens (including phenoxy) is 1. The monoisotopic (exact) mass is 330 g/mol. The van der Waals surface area contributed by atoms with Gasteiger partial charge in [0.1, 0.15) is 5.75 Å². The van der Waals surface area contributed by atoms with E-state index in [0.29, 0.717) is 13.1 Å². The predicted molar refractivity (Wildman–Crippen MR) is 94.2 cm³/mol. The molecule has 24 heavy (non-hydrogen) atoms. The van der Waals surface area contributed by atoms with Crippen LogP contribution in [-0.2, 0) is 13.1 Å². The van der Waals surface area contributed by atoms with E-state index in [9.17, 15) is 4.79 Å². The molecule has 0 aliphatic carbocycles. The fraction of sp³-hybridized carbons (Fsp3) is 0.444. The van der Waals surface area contributed by atoms with Gasteiger partial charge in [0.15, 0.2) is 0 Å². The van der Waals surface area contributed by atoms with Crippen LogP contribution in [0.1, 0.15) is 23.1 Å². The third-order valence-corrected chi connectivity index (χ3v) is 3.92. The SMILES string of the molecule is COc1c(C)cc(CN(C)C(=O)NCCCn2ccnc2)cc1C. The standard InChI is InChI=1S/C18H26N4O2/c1-14-10-16(11-15(2)17(14)24-4)12-21(3)18(23)20-6-5-8-22-9-7-19-13-22/h7,9-11,13H,5-6,8,12H2,1-4H3,(H,20,23). The summed E-state index contributed by atoms with van der Waals surface area (Å²) < 4.78 is 7.38. The number of hydrogen-bond acceptors (Lipinski definition) is 3. The molecule has 0 saturated carbocycles. The Bertz CT molecular complexity index is 645. The van der Waals surface area contributed by atoms with Gasteiger partial charge in [0.2, 0.25) is 0 Å². The van der Waals surface area contributed by atoms with E-state index >= 15 is 0 Å². The van der Waals surface area contributed by atoms with Crippen LogP contribution in [0.3, 0.4) is 0 Å². The van der Waals surface area contributed by atoms with Gasteiger partial charge in [-0.2, -0.15) is 0 Å². The summed E-state index contributed by atoms with van der Waals surface area (Å²) in [5, 5.41) is 2.95.